The van der Waals surface area contributed by atoms with Gasteiger partial charge in [-0.3, -0.25) is 0 Å². The summed E-state index contributed by atoms with van der Waals surface area (Å²) in [6, 6.07) is 8.37. The van der Waals surface area contributed by atoms with Gasteiger partial charge in [0.1, 0.15) is 0 Å². The molecule has 0 atom stereocenters. The summed E-state index contributed by atoms with van der Waals surface area (Å²) in [4.78, 5) is 12.1. The monoisotopic (exact) mass is 282 g/mol. The van der Waals surface area contributed by atoms with Crippen molar-refractivity contribution in [1.29, 1.82) is 0 Å². The van der Waals surface area contributed by atoms with Crippen LogP contribution < -0.4 is 11.1 Å². The number of nitrogens with two attached hydrogens (primary N) is 1. The molecule has 0 fully saturated rings. The van der Waals surface area contributed by atoms with Gasteiger partial charge in [0.15, 0.2) is 0 Å². The molecule has 1 heterocycles. The molecule has 0 bridgehead atoms. The molecule has 94 valence electrons. The topological polar surface area (TPSA) is 75.4 Å². The molecule has 2 aromatic rings. The van der Waals surface area contributed by atoms with Crippen LogP contribution in [0, 0.1) is 0 Å². The lowest BCUT2D eigenvalue weighted by molar-refractivity contribution is 0.0698. The molecule has 1 aromatic carbocycles. The number of thiophene rings is 1. The molecule has 4 nitrogen and oxygen atoms in total. The van der Waals surface area contributed by atoms with E-state index in [0.717, 1.165) is 4.88 Å². The summed E-state index contributed by atoms with van der Waals surface area (Å²) in [6.07, 6.45) is 0. The molecule has 0 spiro atoms. The van der Waals surface area contributed by atoms with Crippen molar-refractivity contribution < 1.29 is 9.90 Å². The van der Waals surface area contributed by atoms with Crippen LogP contribution in [-0.2, 0) is 6.54 Å². The predicted molar refractivity (Wildman–Crippen MR) is 74.5 cm³/mol. The van der Waals surface area contributed by atoms with Gasteiger partial charge in [0.2, 0.25) is 0 Å². The van der Waals surface area contributed by atoms with Gasteiger partial charge in [-0.2, -0.15) is 0 Å². The standard InChI is InChI=1S/C12H11ClN2O2S/c13-11-4-2-8(18-11)6-15-10-5-7(14)1-3-9(10)12(16)17/h1-5,15H,6,14H2,(H,16,17). The highest BCUT2D eigenvalue weighted by Crippen LogP contribution is 2.24. The van der Waals surface area contributed by atoms with E-state index in [9.17, 15) is 4.79 Å². The number of carboxylic acid groups (broad SMARTS) is 1. The molecular weight excluding hydrogens is 272 g/mol. The van der Waals surface area contributed by atoms with Gasteiger partial charge in [0.05, 0.1) is 15.6 Å². The van der Waals surface area contributed by atoms with Gasteiger partial charge in [0.25, 0.3) is 0 Å². The molecule has 0 saturated carbocycles. The Balaban J connectivity index is 2.17. The van der Waals surface area contributed by atoms with E-state index in [1.54, 1.807) is 18.2 Å². The maximum absolute atomic E-state index is 11.0. The largest absolute Gasteiger partial charge is 0.478 e. The minimum atomic E-state index is -0.985. The third-order valence-corrected chi connectivity index (χ3v) is 3.59. The quantitative estimate of drug-likeness (QED) is 0.752. The van der Waals surface area contributed by atoms with Crippen molar-refractivity contribution in [2.75, 3.05) is 11.1 Å². The maximum Gasteiger partial charge on any atom is 0.337 e. The second kappa shape index (κ2) is 5.29. The van der Waals surface area contributed by atoms with Crippen LogP contribution in [0.3, 0.4) is 0 Å². The Morgan fingerprint density at radius 2 is 2.17 bits per heavy atom. The second-order valence-corrected chi connectivity index (χ2v) is 5.47. The number of hydrogen-bond donors (Lipinski definition) is 3. The van der Waals surface area contributed by atoms with E-state index < -0.39 is 5.97 Å². The Hall–Kier alpha value is -1.72. The summed E-state index contributed by atoms with van der Waals surface area (Å²) < 4.78 is 0.706. The van der Waals surface area contributed by atoms with Crippen LogP contribution in [0.4, 0.5) is 11.4 Å². The number of rotatable bonds is 4. The molecule has 0 aliphatic rings. The van der Waals surface area contributed by atoms with Gasteiger partial charge in [-0.15, -0.1) is 11.3 Å². The average Bonchev–Trinajstić information content (AvgIpc) is 2.72. The van der Waals surface area contributed by atoms with E-state index in [1.807, 2.05) is 6.07 Å². The van der Waals surface area contributed by atoms with Crippen molar-refractivity contribution in [2.45, 2.75) is 6.54 Å². The van der Waals surface area contributed by atoms with Crippen molar-refractivity contribution in [1.82, 2.24) is 0 Å². The molecule has 18 heavy (non-hydrogen) atoms. The predicted octanol–water partition coefficient (Wildman–Crippen LogP) is 3.29. The zero-order valence-corrected chi connectivity index (χ0v) is 10.9. The van der Waals surface area contributed by atoms with Gasteiger partial charge < -0.3 is 16.2 Å². The number of aromatic carboxylic acids is 1. The zero-order chi connectivity index (χ0) is 13.1. The summed E-state index contributed by atoms with van der Waals surface area (Å²) in [5.74, 6) is -0.985. The number of carboxylic acids is 1. The number of benzene rings is 1. The number of nitrogen functional groups attached to an aromatic ring is 1. The number of anilines is 2. The molecule has 0 aliphatic heterocycles. The summed E-state index contributed by atoms with van der Waals surface area (Å²) in [6.45, 7) is 0.515. The molecule has 0 aliphatic carbocycles. The van der Waals surface area contributed by atoms with Crippen molar-refractivity contribution in [3.8, 4) is 0 Å². The summed E-state index contributed by atoms with van der Waals surface area (Å²) in [7, 11) is 0. The number of carbonyl (C=O) groups is 1. The minimum absolute atomic E-state index is 0.201. The molecule has 0 saturated heterocycles. The van der Waals surface area contributed by atoms with E-state index in [2.05, 4.69) is 5.32 Å². The number of halogens is 1. The fraction of sp³-hybridized carbons (Fsp3) is 0.0833. The lowest BCUT2D eigenvalue weighted by atomic mass is 10.1. The third kappa shape index (κ3) is 2.94. The van der Waals surface area contributed by atoms with Crippen LogP contribution in [0.2, 0.25) is 4.34 Å². The maximum atomic E-state index is 11.0. The molecular formula is C12H11ClN2O2S. The first-order valence-electron chi connectivity index (χ1n) is 5.17. The van der Waals surface area contributed by atoms with Crippen LogP contribution in [0.1, 0.15) is 15.2 Å². The van der Waals surface area contributed by atoms with Crippen LogP contribution in [0.15, 0.2) is 30.3 Å². The van der Waals surface area contributed by atoms with Gasteiger partial charge >= 0.3 is 5.97 Å². The first-order chi connectivity index (χ1) is 8.56. The first kappa shape index (κ1) is 12.7. The summed E-state index contributed by atoms with van der Waals surface area (Å²) in [5, 5.41) is 12.1. The Morgan fingerprint density at radius 1 is 1.39 bits per heavy atom. The average molecular weight is 283 g/mol. The number of hydrogen-bond acceptors (Lipinski definition) is 4. The SMILES string of the molecule is Nc1ccc(C(=O)O)c(NCc2ccc(Cl)s2)c1. The van der Waals surface area contributed by atoms with Gasteiger partial charge in [-0.1, -0.05) is 11.6 Å². The lowest BCUT2D eigenvalue weighted by Gasteiger charge is -2.09. The minimum Gasteiger partial charge on any atom is -0.478 e. The second-order valence-electron chi connectivity index (χ2n) is 3.67. The molecule has 6 heteroatoms. The molecule has 4 N–H and O–H groups in total. The zero-order valence-electron chi connectivity index (χ0n) is 9.31. The van der Waals surface area contributed by atoms with Crippen LogP contribution in [0.5, 0.6) is 0 Å². The molecule has 2 rings (SSSR count). The molecule has 0 unspecified atom stereocenters. The van der Waals surface area contributed by atoms with Crippen molar-refractivity contribution >= 4 is 40.3 Å². The Labute approximate surface area is 113 Å². The first-order valence-corrected chi connectivity index (χ1v) is 6.36. The number of nitrogens with one attached hydrogen (secondary N) is 1. The third-order valence-electron chi connectivity index (χ3n) is 2.36. The van der Waals surface area contributed by atoms with Gasteiger partial charge in [-0.05, 0) is 30.3 Å². The van der Waals surface area contributed by atoms with Gasteiger partial charge in [0, 0.05) is 17.1 Å². The fourth-order valence-corrected chi connectivity index (χ4v) is 2.55. The normalized spacial score (nSPS) is 10.3. The molecule has 0 amide bonds. The Morgan fingerprint density at radius 3 is 2.78 bits per heavy atom. The Kier molecular flexibility index (Phi) is 3.74. The molecule has 1 aromatic heterocycles. The van der Waals surface area contributed by atoms with Crippen molar-refractivity contribution in [3.05, 3.63) is 45.1 Å². The summed E-state index contributed by atoms with van der Waals surface area (Å²) in [5.41, 5.74) is 6.88. The summed E-state index contributed by atoms with van der Waals surface area (Å²) >= 11 is 7.28. The van der Waals surface area contributed by atoms with Crippen LogP contribution >= 0.6 is 22.9 Å². The Bertz CT molecular complexity index is 583. The van der Waals surface area contributed by atoms with Crippen LogP contribution in [-0.4, -0.2) is 11.1 Å². The van der Waals surface area contributed by atoms with E-state index in [4.69, 9.17) is 22.4 Å². The molecule has 0 radical (unpaired) electrons. The van der Waals surface area contributed by atoms with E-state index in [0.29, 0.717) is 22.3 Å². The van der Waals surface area contributed by atoms with E-state index >= 15 is 0 Å². The lowest BCUT2D eigenvalue weighted by Crippen LogP contribution is -2.06. The van der Waals surface area contributed by atoms with Crippen LogP contribution in [0.25, 0.3) is 0 Å². The highest BCUT2D eigenvalue weighted by Gasteiger charge is 2.10. The highest BCUT2D eigenvalue weighted by molar-refractivity contribution is 7.16. The smallest absolute Gasteiger partial charge is 0.337 e. The fourth-order valence-electron chi connectivity index (χ4n) is 1.52. The highest BCUT2D eigenvalue weighted by atomic mass is 35.5. The van der Waals surface area contributed by atoms with Crippen molar-refractivity contribution in [2.24, 2.45) is 0 Å². The van der Waals surface area contributed by atoms with Gasteiger partial charge in [-0.25, -0.2) is 4.79 Å². The van der Waals surface area contributed by atoms with E-state index in [1.165, 1.54) is 17.4 Å². The van der Waals surface area contributed by atoms with E-state index in [-0.39, 0.29) is 5.56 Å². The van der Waals surface area contributed by atoms with Crippen molar-refractivity contribution in [3.63, 3.8) is 0 Å².